The Kier molecular flexibility index (Phi) is 4.46. The second-order valence-electron chi connectivity index (χ2n) is 3.79. The molecule has 0 aliphatic heterocycles. The molecule has 1 aromatic rings. The van der Waals surface area contributed by atoms with Gasteiger partial charge in [0, 0.05) is 6.42 Å². The highest BCUT2D eigenvalue weighted by Gasteiger charge is 2.19. The maximum Gasteiger partial charge on any atom is 0.322 e. The summed E-state index contributed by atoms with van der Waals surface area (Å²) in [5, 5.41) is 9.84. The summed E-state index contributed by atoms with van der Waals surface area (Å²) in [5.41, 5.74) is 7.43. The first-order valence-electron chi connectivity index (χ1n) is 5.12. The van der Waals surface area contributed by atoms with E-state index in [9.17, 15) is 9.90 Å². The number of esters is 1. The Morgan fingerprint density at radius 3 is 2.50 bits per heavy atom. The van der Waals surface area contributed by atoms with E-state index in [-0.39, 0.29) is 6.42 Å². The lowest BCUT2D eigenvalue weighted by molar-refractivity contribution is -0.142. The number of nitrogens with two attached hydrogens (primary N) is 1. The van der Waals surface area contributed by atoms with Crippen molar-refractivity contribution < 1.29 is 14.6 Å². The van der Waals surface area contributed by atoms with Gasteiger partial charge in [-0.1, -0.05) is 29.8 Å². The van der Waals surface area contributed by atoms with Gasteiger partial charge in [-0.3, -0.25) is 4.79 Å². The van der Waals surface area contributed by atoms with Gasteiger partial charge in [-0.05, 0) is 12.5 Å². The van der Waals surface area contributed by atoms with Crippen LogP contribution in [0.25, 0.3) is 0 Å². The van der Waals surface area contributed by atoms with Crippen molar-refractivity contribution in [3.05, 3.63) is 35.4 Å². The van der Waals surface area contributed by atoms with Gasteiger partial charge in [0.2, 0.25) is 0 Å². The zero-order valence-corrected chi connectivity index (χ0v) is 9.51. The Bertz CT molecular complexity index is 348. The molecule has 0 heterocycles. The van der Waals surface area contributed by atoms with E-state index in [1.165, 1.54) is 7.11 Å². The average Bonchev–Trinajstić information content (AvgIpc) is 2.28. The summed E-state index contributed by atoms with van der Waals surface area (Å²) in [7, 11) is 1.28. The molecule has 0 saturated carbocycles. The van der Waals surface area contributed by atoms with Crippen LogP contribution >= 0.6 is 0 Å². The van der Waals surface area contributed by atoms with Crippen LogP contribution in [0.2, 0.25) is 0 Å². The van der Waals surface area contributed by atoms with E-state index in [1.807, 2.05) is 31.2 Å². The molecule has 1 aromatic carbocycles. The molecule has 4 heteroatoms. The van der Waals surface area contributed by atoms with Crippen molar-refractivity contribution >= 4 is 5.97 Å². The molecule has 0 amide bonds. The Morgan fingerprint density at radius 2 is 2.00 bits per heavy atom. The summed E-state index contributed by atoms with van der Waals surface area (Å²) < 4.78 is 4.49. The first kappa shape index (κ1) is 12.7. The van der Waals surface area contributed by atoms with Crippen molar-refractivity contribution in [3.63, 3.8) is 0 Å². The molecule has 0 aromatic heterocycles. The van der Waals surface area contributed by atoms with Gasteiger partial charge in [0.15, 0.2) is 0 Å². The lowest BCUT2D eigenvalue weighted by Gasteiger charge is -2.15. The van der Waals surface area contributed by atoms with Crippen LogP contribution in [0.1, 0.15) is 23.7 Å². The Balaban J connectivity index is 2.61. The highest BCUT2D eigenvalue weighted by atomic mass is 16.5. The largest absolute Gasteiger partial charge is 0.468 e. The predicted molar refractivity (Wildman–Crippen MR) is 60.7 cm³/mol. The zero-order valence-electron chi connectivity index (χ0n) is 9.51. The summed E-state index contributed by atoms with van der Waals surface area (Å²) in [5.74, 6) is -0.508. The van der Waals surface area contributed by atoms with Crippen LogP contribution in [0.15, 0.2) is 24.3 Å². The normalized spacial score (nSPS) is 14.2. The van der Waals surface area contributed by atoms with Crippen molar-refractivity contribution in [2.45, 2.75) is 25.5 Å². The summed E-state index contributed by atoms with van der Waals surface area (Å²) in [6.07, 6.45) is -0.579. The number of hydrogen-bond donors (Lipinski definition) is 2. The van der Waals surface area contributed by atoms with Gasteiger partial charge in [0.25, 0.3) is 0 Å². The maximum atomic E-state index is 11.1. The van der Waals surface area contributed by atoms with Crippen LogP contribution < -0.4 is 5.73 Å². The Morgan fingerprint density at radius 1 is 1.44 bits per heavy atom. The highest BCUT2D eigenvalue weighted by molar-refractivity contribution is 5.75. The third-order valence-corrected chi connectivity index (χ3v) is 2.44. The molecule has 0 saturated heterocycles. The van der Waals surface area contributed by atoms with Crippen molar-refractivity contribution in [1.29, 1.82) is 0 Å². The van der Waals surface area contributed by atoms with Crippen LogP contribution in [-0.2, 0) is 9.53 Å². The number of aryl methyl sites for hydroxylation is 1. The second kappa shape index (κ2) is 5.63. The van der Waals surface area contributed by atoms with E-state index in [0.717, 1.165) is 11.1 Å². The fourth-order valence-corrected chi connectivity index (χ4v) is 1.41. The van der Waals surface area contributed by atoms with Crippen molar-refractivity contribution in [1.82, 2.24) is 0 Å². The molecule has 0 aliphatic rings. The Labute approximate surface area is 95.0 Å². The first-order chi connectivity index (χ1) is 7.54. The van der Waals surface area contributed by atoms with Gasteiger partial charge < -0.3 is 15.6 Å². The molecule has 0 radical (unpaired) electrons. The number of carbonyl (C=O) groups excluding carboxylic acids is 1. The molecule has 0 spiro atoms. The quantitative estimate of drug-likeness (QED) is 0.744. The molecule has 4 nitrogen and oxygen atoms in total. The summed E-state index contributed by atoms with van der Waals surface area (Å²) in [6.45, 7) is 1.97. The molecule has 0 aliphatic carbocycles. The monoisotopic (exact) mass is 223 g/mol. The maximum absolute atomic E-state index is 11.1. The SMILES string of the molecule is COC(=O)C(N)CC(O)c1ccc(C)cc1. The van der Waals surface area contributed by atoms with Crippen molar-refractivity contribution in [2.24, 2.45) is 5.73 Å². The summed E-state index contributed by atoms with van der Waals surface area (Å²) in [6, 6.07) is 6.67. The van der Waals surface area contributed by atoms with Gasteiger partial charge in [0.05, 0.1) is 13.2 Å². The highest BCUT2D eigenvalue weighted by Crippen LogP contribution is 2.18. The van der Waals surface area contributed by atoms with Crippen LogP contribution in [0, 0.1) is 6.92 Å². The topological polar surface area (TPSA) is 72.5 Å². The number of hydrogen-bond acceptors (Lipinski definition) is 4. The standard InChI is InChI=1S/C12H17NO3/c1-8-3-5-9(6-4-8)11(14)7-10(13)12(15)16-2/h3-6,10-11,14H,7,13H2,1-2H3. The molecule has 16 heavy (non-hydrogen) atoms. The van der Waals surface area contributed by atoms with Gasteiger partial charge in [-0.15, -0.1) is 0 Å². The molecular weight excluding hydrogens is 206 g/mol. The van der Waals surface area contributed by atoms with E-state index >= 15 is 0 Å². The van der Waals surface area contributed by atoms with Gasteiger partial charge in [-0.25, -0.2) is 0 Å². The van der Waals surface area contributed by atoms with Crippen molar-refractivity contribution in [3.8, 4) is 0 Å². The fourth-order valence-electron chi connectivity index (χ4n) is 1.41. The molecule has 1 rings (SSSR count). The molecule has 0 fully saturated rings. The molecule has 0 bridgehead atoms. The number of benzene rings is 1. The molecule has 88 valence electrons. The van der Waals surface area contributed by atoms with Crippen LogP contribution in [-0.4, -0.2) is 24.2 Å². The molecule has 2 unspecified atom stereocenters. The number of rotatable bonds is 4. The van der Waals surface area contributed by atoms with E-state index in [0.29, 0.717) is 0 Å². The minimum absolute atomic E-state index is 0.162. The smallest absolute Gasteiger partial charge is 0.322 e. The first-order valence-corrected chi connectivity index (χ1v) is 5.12. The fraction of sp³-hybridized carbons (Fsp3) is 0.417. The third kappa shape index (κ3) is 3.32. The number of aliphatic hydroxyl groups is 1. The van der Waals surface area contributed by atoms with E-state index < -0.39 is 18.1 Å². The van der Waals surface area contributed by atoms with Gasteiger partial charge in [-0.2, -0.15) is 0 Å². The van der Waals surface area contributed by atoms with Crippen LogP contribution in [0.5, 0.6) is 0 Å². The lowest BCUT2D eigenvalue weighted by Crippen LogP contribution is -2.33. The number of carbonyl (C=O) groups is 1. The third-order valence-electron chi connectivity index (χ3n) is 2.44. The molecular formula is C12H17NO3. The minimum Gasteiger partial charge on any atom is -0.468 e. The lowest BCUT2D eigenvalue weighted by atomic mass is 10.0. The van der Waals surface area contributed by atoms with Crippen molar-refractivity contribution in [2.75, 3.05) is 7.11 Å². The predicted octanol–water partition coefficient (Wildman–Crippen LogP) is 0.919. The van der Waals surface area contributed by atoms with Gasteiger partial charge in [0.1, 0.15) is 6.04 Å². The van der Waals surface area contributed by atoms with E-state index in [4.69, 9.17) is 5.73 Å². The van der Waals surface area contributed by atoms with Crippen LogP contribution in [0.4, 0.5) is 0 Å². The van der Waals surface area contributed by atoms with Gasteiger partial charge >= 0.3 is 5.97 Å². The average molecular weight is 223 g/mol. The number of ether oxygens (including phenoxy) is 1. The Hall–Kier alpha value is -1.39. The van der Waals surface area contributed by atoms with E-state index in [1.54, 1.807) is 0 Å². The summed E-state index contributed by atoms with van der Waals surface area (Å²) >= 11 is 0. The number of aliphatic hydroxyl groups excluding tert-OH is 1. The minimum atomic E-state index is -0.790. The zero-order chi connectivity index (χ0) is 12.1. The summed E-state index contributed by atoms with van der Waals surface area (Å²) in [4.78, 5) is 11.1. The van der Waals surface area contributed by atoms with Crippen LogP contribution in [0.3, 0.4) is 0 Å². The number of methoxy groups -OCH3 is 1. The second-order valence-corrected chi connectivity index (χ2v) is 3.79. The molecule has 2 atom stereocenters. The molecule has 3 N–H and O–H groups in total. The van der Waals surface area contributed by atoms with E-state index in [2.05, 4.69) is 4.74 Å².